The zero-order valence-electron chi connectivity index (χ0n) is 18.3. The molecule has 0 saturated heterocycles. The number of aromatic nitrogens is 3. The molecule has 2 N–H and O–H groups in total. The second-order valence-corrected chi connectivity index (χ2v) is 8.84. The number of hydrogen-bond donors (Lipinski definition) is 1. The lowest BCUT2D eigenvalue weighted by Crippen LogP contribution is -2.27. The maximum Gasteiger partial charge on any atom is 0.233 e. The van der Waals surface area contributed by atoms with Gasteiger partial charge in [-0.25, -0.2) is 0 Å². The molecule has 0 saturated carbocycles. The summed E-state index contributed by atoms with van der Waals surface area (Å²) in [6.45, 7) is 0.601. The van der Waals surface area contributed by atoms with Gasteiger partial charge >= 0.3 is 0 Å². The number of primary amides is 1. The summed E-state index contributed by atoms with van der Waals surface area (Å²) >= 11 is 7.17. The van der Waals surface area contributed by atoms with Gasteiger partial charge in [0.1, 0.15) is 11.5 Å². The third-order valence-electron chi connectivity index (χ3n) is 4.97. The van der Waals surface area contributed by atoms with Crippen molar-refractivity contribution in [3.05, 3.63) is 65.6 Å². The number of benzene rings is 1. The molecule has 11 heteroatoms. The van der Waals surface area contributed by atoms with E-state index >= 15 is 0 Å². The summed E-state index contributed by atoms with van der Waals surface area (Å²) < 4.78 is 13.0. The van der Waals surface area contributed by atoms with Gasteiger partial charge < -0.3 is 19.5 Å². The molecule has 0 aliphatic carbocycles. The minimum atomic E-state index is -0.442. The molecule has 0 atom stereocenters. The monoisotopic (exact) mass is 499 g/mol. The zero-order valence-corrected chi connectivity index (χ0v) is 19.9. The molecule has 1 aromatic carbocycles. The van der Waals surface area contributed by atoms with Crippen LogP contribution in [-0.4, -0.2) is 44.3 Å². The summed E-state index contributed by atoms with van der Waals surface area (Å²) in [5.41, 5.74) is 6.22. The fourth-order valence-corrected chi connectivity index (χ4v) is 4.23. The third kappa shape index (κ3) is 5.70. The van der Waals surface area contributed by atoms with E-state index < -0.39 is 5.91 Å². The van der Waals surface area contributed by atoms with Crippen molar-refractivity contribution in [1.29, 1.82) is 0 Å². The first-order chi connectivity index (χ1) is 16.4. The van der Waals surface area contributed by atoms with Crippen LogP contribution in [0.15, 0.2) is 68.8 Å². The minimum absolute atomic E-state index is 0.113. The van der Waals surface area contributed by atoms with Gasteiger partial charge in [-0.2, -0.15) is 0 Å². The van der Waals surface area contributed by atoms with Gasteiger partial charge in [0.2, 0.25) is 11.8 Å². The van der Waals surface area contributed by atoms with Gasteiger partial charge in [-0.05, 0) is 48.5 Å². The van der Waals surface area contributed by atoms with Gasteiger partial charge in [0.05, 0.1) is 18.6 Å². The number of hydrogen-bond acceptors (Lipinski definition) is 7. The Labute approximate surface area is 204 Å². The van der Waals surface area contributed by atoms with Crippen molar-refractivity contribution in [3.63, 3.8) is 0 Å². The lowest BCUT2D eigenvalue weighted by Gasteiger charge is -2.15. The number of rotatable bonds is 10. The van der Waals surface area contributed by atoms with Crippen molar-refractivity contribution in [2.45, 2.75) is 24.7 Å². The highest BCUT2D eigenvalue weighted by Crippen LogP contribution is 2.26. The van der Waals surface area contributed by atoms with Crippen molar-refractivity contribution in [2.75, 3.05) is 12.8 Å². The molecule has 3 aromatic heterocycles. The van der Waals surface area contributed by atoms with Gasteiger partial charge in [-0.3, -0.25) is 14.2 Å². The Kier molecular flexibility index (Phi) is 7.39. The lowest BCUT2D eigenvalue weighted by atomic mass is 10.2. The molecule has 2 amide bonds. The molecule has 176 valence electrons. The maximum absolute atomic E-state index is 12.7. The molecule has 0 aliphatic heterocycles. The van der Waals surface area contributed by atoms with E-state index in [0.29, 0.717) is 39.8 Å². The van der Waals surface area contributed by atoms with Crippen LogP contribution < -0.4 is 5.73 Å². The molecule has 0 aliphatic rings. The molecule has 0 spiro atoms. The van der Waals surface area contributed by atoms with E-state index in [2.05, 4.69) is 10.2 Å². The van der Waals surface area contributed by atoms with Gasteiger partial charge in [0.15, 0.2) is 16.7 Å². The van der Waals surface area contributed by atoms with E-state index in [-0.39, 0.29) is 24.6 Å². The van der Waals surface area contributed by atoms with Crippen LogP contribution in [0.25, 0.3) is 22.9 Å². The van der Waals surface area contributed by atoms with Crippen LogP contribution in [0.3, 0.4) is 0 Å². The predicted octanol–water partition coefficient (Wildman–Crippen LogP) is 4.08. The van der Waals surface area contributed by atoms with Crippen LogP contribution in [0.2, 0.25) is 5.02 Å². The summed E-state index contributed by atoms with van der Waals surface area (Å²) in [4.78, 5) is 25.6. The highest BCUT2D eigenvalue weighted by molar-refractivity contribution is 7.99. The van der Waals surface area contributed by atoms with E-state index in [4.69, 9.17) is 26.2 Å². The molecule has 0 unspecified atom stereocenters. The number of thioether (sulfide) groups is 1. The number of carbonyl (C=O) groups excluding carboxylic acids is 2. The predicted molar refractivity (Wildman–Crippen MR) is 128 cm³/mol. The normalized spacial score (nSPS) is 11.0. The highest BCUT2D eigenvalue weighted by Gasteiger charge is 2.19. The van der Waals surface area contributed by atoms with Gasteiger partial charge in [0, 0.05) is 30.6 Å². The molecular formula is C23H22ClN5O4S. The Balaban J connectivity index is 1.39. The largest absolute Gasteiger partial charge is 0.461 e. The van der Waals surface area contributed by atoms with E-state index in [0.717, 1.165) is 5.56 Å². The number of carbonyl (C=O) groups is 2. The second-order valence-electron chi connectivity index (χ2n) is 7.46. The minimum Gasteiger partial charge on any atom is -0.461 e. The van der Waals surface area contributed by atoms with Crippen molar-refractivity contribution in [3.8, 4) is 22.9 Å². The summed E-state index contributed by atoms with van der Waals surface area (Å²) in [6.07, 6.45) is 1.64. The van der Waals surface area contributed by atoms with Crippen molar-refractivity contribution in [1.82, 2.24) is 19.7 Å². The fourth-order valence-electron chi connectivity index (χ4n) is 3.20. The fraction of sp³-hybridized carbons (Fsp3) is 0.217. The SMILES string of the molecule is CN(Cc1ccc(-c2ccc(Cl)cc2)o1)C(=O)CSc1nnc(-c2ccco2)n1CCC(N)=O. The Hall–Kier alpha value is -3.50. The molecule has 34 heavy (non-hydrogen) atoms. The van der Waals surface area contributed by atoms with Gasteiger partial charge in [-0.15, -0.1) is 10.2 Å². The van der Waals surface area contributed by atoms with Crippen LogP contribution in [-0.2, 0) is 22.7 Å². The molecule has 4 rings (SSSR count). The second kappa shape index (κ2) is 10.6. The van der Waals surface area contributed by atoms with Gasteiger partial charge in [-0.1, -0.05) is 23.4 Å². The molecular weight excluding hydrogens is 478 g/mol. The number of nitrogens with zero attached hydrogens (tertiary/aromatic N) is 4. The van der Waals surface area contributed by atoms with E-state index in [1.54, 1.807) is 40.8 Å². The van der Waals surface area contributed by atoms with E-state index in [9.17, 15) is 9.59 Å². The van der Waals surface area contributed by atoms with Crippen LogP contribution >= 0.6 is 23.4 Å². The summed E-state index contributed by atoms with van der Waals surface area (Å²) in [5, 5.41) is 9.49. The first kappa shape index (κ1) is 23.7. The Morgan fingerprint density at radius 3 is 2.62 bits per heavy atom. The first-order valence-electron chi connectivity index (χ1n) is 10.4. The number of amides is 2. The Morgan fingerprint density at radius 1 is 1.12 bits per heavy atom. The topological polar surface area (TPSA) is 120 Å². The standard InChI is InChI=1S/C23H22ClN5O4S/c1-28(13-17-8-9-18(33-17)15-4-6-16(24)7-5-15)21(31)14-34-23-27-26-22(19-3-2-12-32-19)29(23)11-10-20(25)30/h2-9,12H,10-11,13-14H2,1H3,(H2,25,30). The maximum atomic E-state index is 12.7. The van der Waals surface area contributed by atoms with Crippen LogP contribution in [0.4, 0.5) is 0 Å². The van der Waals surface area contributed by atoms with Crippen LogP contribution in [0.5, 0.6) is 0 Å². The Bertz CT molecular complexity index is 1270. The molecule has 0 radical (unpaired) electrons. The molecule has 3 heterocycles. The van der Waals surface area contributed by atoms with E-state index in [1.165, 1.54) is 18.0 Å². The quantitative estimate of drug-likeness (QED) is 0.326. The summed E-state index contributed by atoms with van der Waals surface area (Å²) in [6, 6.07) is 14.5. The highest BCUT2D eigenvalue weighted by atomic mass is 35.5. The van der Waals surface area contributed by atoms with Crippen LogP contribution in [0, 0.1) is 0 Å². The smallest absolute Gasteiger partial charge is 0.233 e. The average molecular weight is 500 g/mol. The number of furan rings is 2. The lowest BCUT2D eigenvalue weighted by molar-refractivity contribution is -0.127. The number of nitrogens with two attached hydrogens (primary N) is 1. The average Bonchev–Trinajstić information content (AvgIpc) is 3.57. The Morgan fingerprint density at radius 2 is 1.91 bits per heavy atom. The van der Waals surface area contributed by atoms with Crippen LogP contribution in [0.1, 0.15) is 12.2 Å². The summed E-state index contributed by atoms with van der Waals surface area (Å²) in [7, 11) is 1.71. The van der Waals surface area contributed by atoms with Crippen molar-refractivity contribution in [2.24, 2.45) is 5.73 Å². The van der Waals surface area contributed by atoms with Crippen molar-refractivity contribution < 1.29 is 18.4 Å². The number of halogens is 1. The molecule has 0 bridgehead atoms. The van der Waals surface area contributed by atoms with E-state index in [1.807, 2.05) is 24.3 Å². The molecule has 0 fully saturated rings. The molecule has 4 aromatic rings. The first-order valence-corrected chi connectivity index (χ1v) is 11.7. The molecule has 9 nitrogen and oxygen atoms in total. The third-order valence-corrected chi connectivity index (χ3v) is 6.18. The van der Waals surface area contributed by atoms with Crippen molar-refractivity contribution >= 4 is 35.2 Å². The zero-order chi connectivity index (χ0) is 24.1. The summed E-state index contributed by atoms with van der Waals surface area (Å²) in [5.74, 6) is 1.93. The van der Waals surface area contributed by atoms with Gasteiger partial charge in [0.25, 0.3) is 0 Å².